The van der Waals surface area contributed by atoms with E-state index in [2.05, 4.69) is 16.5 Å². The zero-order valence-corrected chi connectivity index (χ0v) is 12.5. The summed E-state index contributed by atoms with van der Waals surface area (Å²) in [5, 5.41) is 0. The van der Waals surface area contributed by atoms with Crippen LogP contribution in [0.2, 0.25) is 0 Å². The lowest BCUT2D eigenvalue weighted by Gasteiger charge is -2.03. The van der Waals surface area contributed by atoms with E-state index in [4.69, 9.17) is 9.72 Å². The standard InChI is InChI=1S/C17H13FN2OS/c18-9-10-21-13-7-5-12(6-8-13)14-11-20-15-3-1-2-4-16(15)22-17(20)19-14/h1-8,11H,9-10H2. The predicted molar refractivity (Wildman–Crippen MR) is 87.5 cm³/mol. The maximum absolute atomic E-state index is 12.1. The van der Waals surface area contributed by atoms with Gasteiger partial charge in [-0.1, -0.05) is 23.5 Å². The first-order valence-electron chi connectivity index (χ1n) is 7.01. The van der Waals surface area contributed by atoms with Crippen molar-refractivity contribution in [2.45, 2.75) is 0 Å². The smallest absolute Gasteiger partial charge is 0.195 e. The van der Waals surface area contributed by atoms with Crippen molar-refractivity contribution < 1.29 is 9.13 Å². The van der Waals surface area contributed by atoms with Crippen molar-refractivity contribution in [1.82, 2.24) is 9.38 Å². The number of imidazole rings is 1. The molecule has 0 fully saturated rings. The topological polar surface area (TPSA) is 26.5 Å². The number of hydrogen-bond acceptors (Lipinski definition) is 3. The highest BCUT2D eigenvalue weighted by Crippen LogP contribution is 2.29. The van der Waals surface area contributed by atoms with E-state index < -0.39 is 6.67 Å². The average Bonchev–Trinajstić information content (AvgIpc) is 3.11. The van der Waals surface area contributed by atoms with Crippen LogP contribution in [0.5, 0.6) is 5.75 Å². The Labute approximate surface area is 130 Å². The molecule has 5 heteroatoms. The van der Waals surface area contributed by atoms with Gasteiger partial charge in [-0.05, 0) is 36.4 Å². The van der Waals surface area contributed by atoms with E-state index in [9.17, 15) is 4.39 Å². The maximum Gasteiger partial charge on any atom is 0.195 e. The first-order valence-corrected chi connectivity index (χ1v) is 7.82. The van der Waals surface area contributed by atoms with Gasteiger partial charge in [0.15, 0.2) is 4.96 Å². The lowest BCUT2D eigenvalue weighted by molar-refractivity contribution is 0.273. The third kappa shape index (κ3) is 2.23. The van der Waals surface area contributed by atoms with Gasteiger partial charge >= 0.3 is 0 Å². The molecule has 3 nitrogen and oxygen atoms in total. The Bertz CT molecular complexity index is 927. The van der Waals surface area contributed by atoms with Crippen LogP contribution < -0.4 is 4.74 Å². The van der Waals surface area contributed by atoms with E-state index in [0.29, 0.717) is 5.75 Å². The minimum Gasteiger partial charge on any atom is -0.491 e. The predicted octanol–water partition coefficient (Wildman–Crippen LogP) is 4.56. The van der Waals surface area contributed by atoms with E-state index in [0.717, 1.165) is 16.2 Å². The minimum absolute atomic E-state index is 0.0888. The van der Waals surface area contributed by atoms with Crippen LogP contribution in [0.3, 0.4) is 0 Å². The Morgan fingerprint density at radius 2 is 1.91 bits per heavy atom. The summed E-state index contributed by atoms with van der Waals surface area (Å²) >= 11 is 1.68. The van der Waals surface area contributed by atoms with Gasteiger partial charge in [-0.3, -0.25) is 4.40 Å². The molecular formula is C17H13FN2OS. The van der Waals surface area contributed by atoms with Crippen molar-refractivity contribution in [1.29, 1.82) is 0 Å². The van der Waals surface area contributed by atoms with E-state index >= 15 is 0 Å². The molecule has 0 bridgehead atoms. The highest BCUT2D eigenvalue weighted by atomic mass is 32.1. The van der Waals surface area contributed by atoms with Crippen molar-refractivity contribution in [3.63, 3.8) is 0 Å². The van der Waals surface area contributed by atoms with Gasteiger partial charge in [-0.15, -0.1) is 0 Å². The Balaban J connectivity index is 1.71. The summed E-state index contributed by atoms with van der Waals surface area (Å²) in [6, 6.07) is 15.8. The number of thiazole rings is 1. The van der Waals surface area contributed by atoms with Crippen molar-refractivity contribution in [2.75, 3.05) is 13.3 Å². The second-order valence-electron chi connectivity index (χ2n) is 4.91. The number of aromatic nitrogens is 2. The molecule has 0 saturated heterocycles. The average molecular weight is 312 g/mol. The van der Waals surface area contributed by atoms with Crippen molar-refractivity contribution in [2.24, 2.45) is 0 Å². The number of para-hydroxylation sites is 1. The molecule has 0 spiro atoms. The number of ether oxygens (including phenoxy) is 1. The minimum atomic E-state index is -0.480. The highest BCUT2D eigenvalue weighted by Gasteiger charge is 2.09. The number of hydrogen-bond donors (Lipinski definition) is 0. The number of fused-ring (bicyclic) bond motifs is 3. The monoisotopic (exact) mass is 312 g/mol. The molecule has 0 atom stereocenters. The van der Waals surface area contributed by atoms with Crippen LogP contribution in [0.4, 0.5) is 4.39 Å². The van der Waals surface area contributed by atoms with Crippen molar-refractivity contribution >= 4 is 26.5 Å². The summed E-state index contributed by atoms with van der Waals surface area (Å²) < 4.78 is 20.7. The summed E-state index contributed by atoms with van der Waals surface area (Å²) in [5.74, 6) is 0.674. The van der Waals surface area contributed by atoms with Gasteiger partial charge < -0.3 is 4.74 Å². The summed E-state index contributed by atoms with van der Waals surface area (Å²) in [5.41, 5.74) is 3.12. The second-order valence-corrected chi connectivity index (χ2v) is 5.92. The van der Waals surface area contributed by atoms with E-state index in [-0.39, 0.29) is 6.61 Å². The summed E-state index contributed by atoms with van der Waals surface area (Å²) in [4.78, 5) is 5.67. The normalized spacial score (nSPS) is 11.3. The number of nitrogens with zero attached hydrogens (tertiary/aromatic N) is 2. The van der Waals surface area contributed by atoms with Crippen LogP contribution in [0.1, 0.15) is 0 Å². The van der Waals surface area contributed by atoms with Gasteiger partial charge in [0.05, 0.1) is 15.9 Å². The van der Waals surface area contributed by atoms with Crippen LogP contribution in [0.25, 0.3) is 26.4 Å². The third-order valence-electron chi connectivity index (χ3n) is 3.50. The molecular weight excluding hydrogens is 299 g/mol. The highest BCUT2D eigenvalue weighted by molar-refractivity contribution is 7.23. The molecule has 0 unspecified atom stereocenters. The fourth-order valence-corrected chi connectivity index (χ4v) is 3.47. The molecule has 2 aromatic carbocycles. The molecule has 0 amide bonds. The molecule has 22 heavy (non-hydrogen) atoms. The van der Waals surface area contributed by atoms with Gasteiger partial charge in [0.2, 0.25) is 0 Å². The van der Waals surface area contributed by atoms with Gasteiger partial charge in [-0.25, -0.2) is 9.37 Å². The SMILES string of the molecule is FCCOc1ccc(-c2cn3c(n2)sc2ccccc23)cc1. The molecule has 0 N–H and O–H groups in total. The molecule has 0 aliphatic rings. The number of benzene rings is 2. The summed E-state index contributed by atoms with van der Waals surface area (Å²) in [6.07, 6.45) is 2.05. The Morgan fingerprint density at radius 1 is 1.09 bits per heavy atom. The van der Waals surface area contributed by atoms with Gasteiger partial charge in [0.1, 0.15) is 19.0 Å². The second kappa shape index (κ2) is 5.42. The molecule has 4 aromatic rings. The fraction of sp³-hybridized carbons (Fsp3) is 0.118. The molecule has 2 aromatic heterocycles. The largest absolute Gasteiger partial charge is 0.491 e. The van der Waals surface area contributed by atoms with Crippen LogP contribution >= 0.6 is 11.3 Å². The zero-order chi connectivity index (χ0) is 14.9. The lowest BCUT2D eigenvalue weighted by atomic mass is 10.2. The van der Waals surface area contributed by atoms with Gasteiger partial charge in [-0.2, -0.15) is 0 Å². The van der Waals surface area contributed by atoms with Crippen molar-refractivity contribution in [3.05, 3.63) is 54.7 Å². The van der Waals surface area contributed by atoms with E-state index in [1.807, 2.05) is 42.6 Å². The molecule has 0 radical (unpaired) electrons. The van der Waals surface area contributed by atoms with Crippen LogP contribution in [-0.4, -0.2) is 22.7 Å². The Hall–Kier alpha value is -2.40. The Morgan fingerprint density at radius 3 is 2.73 bits per heavy atom. The first kappa shape index (κ1) is 13.3. The summed E-state index contributed by atoms with van der Waals surface area (Å²) in [7, 11) is 0. The maximum atomic E-state index is 12.1. The van der Waals surface area contributed by atoms with Crippen LogP contribution in [0, 0.1) is 0 Å². The molecule has 0 aliphatic heterocycles. The van der Waals surface area contributed by atoms with Crippen LogP contribution in [0.15, 0.2) is 54.7 Å². The first-order chi connectivity index (χ1) is 10.8. The molecule has 2 heterocycles. The Kier molecular flexibility index (Phi) is 3.27. The van der Waals surface area contributed by atoms with E-state index in [1.54, 1.807) is 11.3 Å². The van der Waals surface area contributed by atoms with Gasteiger partial charge in [0, 0.05) is 11.8 Å². The number of rotatable bonds is 4. The molecule has 0 saturated carbocycles. The summed E-state index contributed by atoms with van der Waals surface area (Å²) in [6.45, 7) is -0.391. The third-order valence-corrected chi connectivity index (χ3v) is 4.53. The molecule has 4 rings (SSSR count). The number of halogens is 1. The van der Waals surface area contributed by atoms with Crippen LogP contribution in [-0.2, 0) is 0 Å². The number of alkyl halides is 1. The zero-order valence-electron chi connectivity index (χ0n) is 11.7. The lowest BCUT2D eigenvalue weighted by Crippen LogP contribution is -1.98. The van der Waals surface area contributed by atoms with E-state index in [1.165, 1.54) is 10.2 Å². The van der Waals surface area contributed by atoms with Gasteiger partial charge in [0.25, 0.3) is 0 Å². The molecule has 110 valence electrons. The fourth-order valence-electron chi connectivity index (χ4n) is 2.47. The van der Waals surface area contributed by atoms with Crippen molar-refractivity contribution in [3.8, 4) is 17.0 Å². The quantitative estimate of drug-likeness (QED) is 0.552. The molecule has 0 aliphatic carbocycles.